The normalized spacial score (nSPS) is 15.4. The van der Waals surface area contributed by atoms with Crippen molar-refractivity contribution >= 4 is 78.7 Å². The zero-order valence-corrected chi connectivity index (χ0v) is 12.1. The predicted octanol–water partition coefficient (Wildman–Crippen LogP) is 3.55. The van der Waals surface area contributed by atoms with Crippen LogP contribution < -0.4 is 0 Å². The van der Waals surface area contributed by atoms with Crippen LogP contribution in [-0.2, 0) is 9.53 Å². The topological polar surface area (TPSA) is 26.3 Å². The van der Waals surface area contributed by atoms with Crippen LogP contribution in [0.5, 0.6) is 0 Å². The molecule has 0 saturated carbocycles. The van der Waals surface area contributed by atoms with Gasteiger partial charge in [-0.15, -0.1) is 0 Å². The first-order valence-electron chi connectivity index (χ1n) is 2.47. The molecule has 0 aromatic heterocycles. The van der Waals surface area contributed by atoms with E-state index in [1.54, 1.807) is 0 Å². The summed E-state index contributed by atoms with van der Waals surface area (Å²) in [7, 11) is 0. The Labute approximate surface area is 105 Å². The summed E-state index contributed by atoms with van der Waals surface area (Å²) in [5.41, 5.74) is -0.681. The number of rotatable bonds is 2. The van der Waals surface area contributed by atoms with Crippen LogP contribution in [0, 0.1) is 0 Å². The van der Waals surface area contributed by atoms with Crippen LogP contribution in [0.4, 0.5) is 0 Å². The predicted molar refractivity (Wildman–Crippen MR) is 65.4 cm³/mol. The summed E-state index contributed by atoms with van der Waals surface area (Å²) < 4.78 is 6.31. The monoisotopic (exact) mass is 464 g/mol. The second kappa shape index (κ2) is 5.98. The Bertz CT molecular complexity index is 191. The van der Waals surface area contributed by atoms with Crippen molar-refractivity contribution in [1.29, 1.82) is 0 Å². The molecule has 0 aromatic carbocycles. The third-order valence-electron chi connectivity index (χ3n) is 0.649. The quantitative estimate of drug-likeness (QED) is 0.355. The fraction of sp³-hybridized carbons (Fsp3) is 0.400. The molecule has 0 radical (unpaired) electrons. The lowest BCUT2D eigenvalue weighted by Gasteiger charge is -2.08. The summed E-state index contributed by atoms with van der Waals surface area (Å²) in [6.45, 7) is 1.32. The second-order valence-corrected chi connectivity index (χ2v) is 6.45. The standard InChI is InChI=1S/C5H4BrClI2O2/c1-2(10)11-5(7)3(8)4(6)9/h5H,1H3. The van der Waals surface area contributed by atoms with E-state index < -0.39 is 5.56 Å². The number of halogens is 4. The third kappa shape index (κ3) is 5.64. The lowest BCUT2D eigenvalue weighted by atomic mass is 10.7. The van der Waals surface area contributed by atoms with Crippen LogP contribution in [0.1, 0.15) is 6.92 Å². The molecule has 11 heavy (non-hydrogen) atoms. The molecule has 0 spiro atoms. The SMILES string of the molecule is CC(=O)OC(Cl)C(I)=C(Br)I. The van der Waals surface area contributed by atoms with E-state index in [0.717, 1.165) is 6.07 Å². The molecule has 1 atom stereocenters. The first kappa shape index (κ1) is 12.4. The number of hydrogen-bond acceptors (Lipinski definition) is 2. The van der Waals surface area contributed by atoms with Crippen LogP contribution >= 0.6 is 72.7 Å². The molecule has 0 fully saturated rings. The summed E-state index contributed by atoms with van der Waals surface area (Å²) in [5.74, 6) is -0.385. The minimum atomic E-state index is -0.681. The van der Waals surface area contributed by atoms with Gasteiger partial charge in [-0.1, -0.05) is 11.6 Å². The Morgan fingerprint density at radius 2 is 2.09 bits per heavy atom. The largest absolute Gasteiger partial charge is 0.441 e. The molecular formula is C5H4BrClI2O2. The molecule has 0 bridgehead atoms. The summed E-state index contributed by atoms with van der Waals surface area (Å²) in [4.78, 5) is 10.4. The lowest BCUT2D eigenvalue weighted by molar-refractivity contribution is -0.141. The first-order valence-corrected chi connectivity index (χ1v) is 5.85. The molecule has 0 rings (SSSR count). The zero-order valence-electron chi connectivity index (χ0n) is 5.41. The van der Waals surface area contributed by atoms with Crippen LogP contribution in [0.15, 0.2) is 6.07 Å². The summed E-state index contributed by atoms with van der Waals surface area (Å²) in [5, 5.41) is 0. The highest BCUT2D eigenvalue weighted by atomic mass is 127. The van der Waals surface area contributed by atoms with E-state index in [1.807, 2.05) is 45.2 Å². The maximum atomic E-state index is 10.4. The molecule has 64 valence electrons. The van der Waals surface area contributed by atoms with Crippen LogP contribution in [0.2, 0.25) is 0 Å². The Kier molecular flexibility index (Phi) is 6.76. The molecule has 0 amide bonds. The minimum absolute atomic E-state index is 0.385. The lowest BCUT2D eigenvalue weighted by Crippen LogP contribution is -2.09. The van der Waals surface area contributed by atoms with Gasteiger partial charge < -0.3 is 4.74 Å². The van der Waals surface area contributed by atoms with E-state index in [4.69, 9.17) is 16.3 Å². The molecule has 0 aromatic rings. The van der Waals surface area contributed by atoms with Crippen molar-refractivity contribution in [2.45, 2.75) is 12.5 Å². The summed E-state index contributed by atoms with van der Waals surface area (Å²) >= 11 is 12.9. The Balaban J connectivity index is 4.15. The molecule has 6 heteroatoms. The molecule has 2 nitrogen and oxygen atoms in total. The number of alkyl halides is 1. The van der Waals surface area contributed by atoms with Gasteiger partial charge in [0, 0.05) is 6.92 Å². The van der Waals surface area contributed by atoms with Gasteiger partial charge in [0.15, 0.2) is 0 Å². The molecular weight excluding hydrogens is 461 g/mol. The maximum absolute atomic E-state index is 10.4. The van der Waals surface area contributed by atoms with Crippen molar-refractivity contribution in [1.82, 2.24) is 0 Å². The molecule has 0 saturated heterocycles. The number of esters is 1. The second-order valence-electron chi connectivity index (χ2n) is 1.53. The van der Waals surface area contributed by atoms with Gasteiger partial charge in [0.1, 0.15) is 0 Å². The highest BCUT2D eigenvalue weighted by Crippen LogP contribution is 2.30. The molecule has 1 unspecified atom stereocenters. The summed E-state index contributed by atoms with van der Waals surface area (Å²) in [6.07, 6.45) is 0. The molecule has 0 aliphatic rings. The van der Waals surface area contributed by atoms with Crippen molar-refractivity contribution in [3.8, 4) is 0 Å². The maximum Gasteiger partial charge on any atom is 0.304 e. The molecule has 0 N–H and O–H groups in total. The van der Waals surface area contributed by atoms with Crippen LogP contribution in [0.25, 0.3) is 0 Å². The Morgan fingerprint density at radius 1 is 1.64 bits per heavy atom. The molecule has 0 aliphatic heterocycles. The van der Waals surface area contributed by atoms with Gasteiger partial charge in [0.2, 0.25) is 5.56 Å². The smallest absolute Gasteiger partial charge is 0.304 e. The van der Waals surface area contributed by atoms with Gasteiger partial charge in [-0.25, -0.2) is 0 Å². The van der Waals surface area contributed by atoms with Gasteiger partial charge in [-0.2, -0.15) is 0 Å². The number of carbonyl (C=O) groups is 1. The van der Waals surface area contributed by atoms with Gasteiger partial charge in [0.25, 0.3) is 0 Å². The average molecular weight is 465 g/mol. The first-order chi connectivity index (χ1) is 4.95. The average Bonchev–Trinajstić information content (AvgIpc) is 1.84. The van der Waals surface area contributed by atoms with Crippen molar-refractivity contribution in [2.75, 3.05) is 0 Å². The summed E-state index contributed by atoms with van der Waals surface area (Å²) in [6, 6.07) is 0. The fourth-order valence-electron chi connectivity index (χ4n) is 0.283. The van der Waals surface area contributed by atoms with E-state index in [9.17, 15) is 4.79 Å². The molecule has 0 aliphatic carbocycles. The van der Waals surface area contributed by atoms with Crippen molar-refractivity contribution in [3.05, 3.63) is 6.07 Å². The van der Waals surface area contributed by atoms with E-state index in [-0.39, 0.29) is 5.97 Å². The van der Waals surface area contributed by atoms with E-state index in [1.165, 1.54) is 6.92 Å². The highest BCUT2D eigenvalue weighted by Gasteiger charge is 2.13. The van der Waals surface area contributed by atoms with E-state index in [2.05, 4.69) is 15.9 Å². The fourth-order valence-corrected chi connectivity index (χ4v) is 1.45. The van der Waals surface area contributed by atoms with Crippen molar-refractivity contribution < 1.29 is 9.53 Å². The van der Waals surface area contributed by atoms with Gasteiger partial charge in [0.05, 0.1) is 6.07 Å². The van der Waals surface area contributed by atoms with Crippen molar-refractivity contribution in [3.63, 3.8) is 0 Å². The zero-order chi connectivity index (χ0) is 9.02. The molecule has 0 heterocycles. The van der Waals surface area contributed by atoms with E-state index >= 15 is 0 Å². The van der Waals surface area contributed by atoms with E-state index in [0.29, 0.717) is 0 Å². The highest BCUT2D eigenvalue weighted by molar-refractivity contribution is 14.1. The van der Waals surface area contributed by atoms with Crippen molar-refractivity contribution in [2.24, 2.45) is 0 Å². The minimum Gasteiger partial charge on any atom is -0.441 e. The van der Waals surface area contributed by atoms with Crippen LogP contribution in [0.3, 0.4) is 0 Å². The van der Waals surface area contributed by atoms with Crippen LogP contribution in [-0.4, -0.2) is 11.5 Å². The number of hydrogen-bond donors (Lipinski definition) is 0. The Hall–Kier alpha value is 1.44. The number of ether oxygens (including phenoxy) is 1. The van der Waals surface area contributed by atoms with Gasteiger partial charge >= 0.3 is 5.97 Å². The third-order valence-corrected chi connectivity index (χ3v) is 5.21. The van der Waals surface area contributed by atoms with Gasteiger partial charge in [-0.05, 0) is 61.1 Å². The Morgan fingerprint density at radius 3 is 2.36 bits per heavy atom. The number of carbonyl (C=O) groups excluding carboxylic acids is 1. The van der Waals surface area contributed by atoms with Gasteiger partial charge in [-0.3, -0.25) is 4.79 Å².